The number of rotatable bonds is 4. The minimum Gasteiger partial charge on any atom is -0.359 e. The van der Waals surface area contributed by atoms with Crippen LogP contribution in [0.5, 0.6) is 0 Å². The van der Waals surface area contributed by atoms with Crippen molar-refractivity contribution in [3.05, 3.63) is 71.9 Å². The van der Waals surface area contributed by atoms with Gasteiger partial charge in [-0.3, -0.25) is 9.78 Å². The second-order valence-electron chi connectivity index (χ2n) is 4.07. The van der Waals surface area contributed by atoms with E-state index in [0.717, 1.165) is 5.69 Å². The van der Waals surface area contributed by atoms with Crippen molar-refractivity contribution >= 4 is 11.5 Å². The van der Waals surface area contributed by atoms with Crippen molar-refractivity contribution in [2.24, 2.45) is 0 Å². The van der Waals surface area contributed by atoms with Gasteiger partial charge >= 0.3 is 0 Å². The van der Waals surface area contributed by atoms with Crippen LogP contribution < -0.4 is 5.32 Å². The van der Waals surface area contributed by atoms with Gasteiger partial charge in [-0.15, -0.1) is 0 Å². The van der Waals surface area contributed by atoms with Gasteiger partial charge in [0.05, 0.1) is 0 Å². The average molecular weight is 256 g/mol. The number of nitrogens with zero attached hydrogens (tertiary/aromatic N) is 1. The quantitative estimate of drug-likeness (QED) is 0.673. The molecule has 2 rings (SSSR count). The Morgan fingerprint density at radius 3 is 2.63 bits per heavy atom. The predicted molar refractivity (Wildman–Crippen MR) is 72.3 cm³/mol. The topological polar surface area (TPSA) is 42.0 Å². The number of benzene rings is 1. The first-order valence-corrected chi connectivity index (χ1v) is 5.80. The minimum absolute atomic E-state index is 0.125. The van der Waals surface area contributed by atoms with E-state index < -0.39 is 0 Å². The molecule has 0 unspecified atom stereocenters. The summed E-state index contributed by atoms with van der Waals surface area (Å²) in [4.78, 5) is 15.8. The summed E-state index contributed by atoms with van der Waals surface area (Å²) in [5.41, 5.74) is 1.94. The summed E-state index contributed by atoms with van der Waals surface area (Å²) in [5.74, 6) is -0.418. The van der Waals surface area contributed by atoms with Gasteiger partial charge in [-0.2, -0.15) is 0 Å². The zero-order chi connectivity index (χ0) is 13.7. The second-order valence-corrected chi connectivity index (χ2v) is 4.07. The van der Waals surface area contributed by atoms with E-state index in [4.69, 9.17) is 0 Å². The minimum atomic E-state index is -0.293. The number of ketones is 1. The lowest BCUT2D eigenvalue weighted by Crippen LogP contribution is -2.01. The third-order valence-corrected chi connectivity index (χ3v) is 2.48. The Labute approximate surface area is 110 Å². The fourth-order valence-corrected chi connectivity index (χ4v) is 1.59. The van der Waals surface area contributed by atoms with Gasteiger partial charge in [0.15, 0.2) is 5.78 Å². The molecule has 96 valence electrons. The summed E-state index contributed by atoms with van der Waals surface area (Å²) in [6.07, 6.45) is 4.62. The van der Waals surface area contributed by atoms with E-state index in [0.29, 0.717) is 11.3 Å². The monoisotopic (exact) mass is 256 g/mol. The van der Waals surface area contributed by atoms with Gasteiger partial charge in [0.2, 0.25) is 0 Å². The van der Waals surface area contributed by atoms with Crippen LogP contribution >= 0.6 is 0 Å². The van der Waals surface area contributed by atoms with Crippen LogP contribution in [0.1, 0.15) is 17.3 Å². The van der Waals surface area contributed by atoms with E-state index >= 15 is 0 Å². The van der Waals surface area contributed by atoms with Crippen molar-refractivity contribution in [1.82, 2.24) is 4.98 Å². The van der Waals surface area contributed by atoms with Gasteiger partial charge in [-0.25, -0.2) is 4.39 Å². The molecule has 1 heterocycles. The maximum absolute atomic E-state index is 12.8. The molecule has 3 nitrogen and oxygen atoms in total. The molecule has 0 atom stereocenters. The highest BCUT2D eigenvalue weighted by molar-refractivity contribution is 6.04. The molecule has 0 amide bonds. The van der Waals surface area contributed by atoms with Gasteiger partial charge in [-0.1, -0.05) is 0 Å². The normalized spacial score (nSPS) is 11.2. The lowest BCUT2D eigenvalue weighted by molar-refractivity contribution is 0.104. The van der Waals surface area contributed by atoms with Crippen LogP contribution in [0.3, 0.4) is 0 Å². The molecule has 19 heavy (non-hydrogen) atoms. The zero-order valence-corrected chi connectivity index (χ0v) is 10.4. The maximum atomic E-state index is 12.8. The van der Waals surface area contributed by atoms with Crippen molar-refractivity contribution < 1.29 is 9.18 Å². The number of hydrogen-bond acceptors (Lipinski definition) is 3. The number of anilines is 1. The van der Waals surface area contributed by atoms with Crippen LogP contribution in [0.4, 0.5) is 10.1 Å². The molecule has 1 aromatic heterocycles. The highest BCUT2D eigenvalue weighted by Crippen LogP contribution is 2.11. The van der Waals surface area contributed by atoms with Gasteiger partial charge in [-0.05, 0) is 43.3 Å². The fourth-order valence-electron chi connectivity index (χ4n) is 1.59. The number of allylic oxidation sites excluding steroid dienone is 2. The number of carbonyl (C=O) groups is 1. The molecule has 0 aliphatic rings. The molecule has 0 spiro atoms. The molecule has 0 saturated heterocycles. The third-order valence-electron chi connectivity index (χ3n) is 2.48. The number of hydrogen-bond donors (Lipinski definition) is 1. The zero-order valence-electron chi connectivity index (χ0n) is 10.4. The number of halogens is 1. The molecule has 0 saturated carbocycles. The Bertz CT molecular complexity index is 591. The fraction of sp³-hybridized carbons (Fsp3) is 0.0667. The first kappa shape index (κ1) is 13.0. The Morgan fingerprint density at radius 1 is 1.26 bits per heavy atom. The number of carbonyl (C=O) groups excluding carboxylic acids is 1. The SMILES string of the molecule is C/C(=C\C(=O)c1cccnc1)Nc1ccc(F)cc1. The largest absolute Gasteiger partial charge is 0.359 e. The van der Waals surface area contributed by atoms with Crippen LogP contribution in [-0.4, -0.2) is 10.8 Å². The molecular weight excluding hydrogens is 243 g/mol. The lowest BCUT2D eigenvalue weighted by atomic mass is 10.1. The molecule has 2 aromatic rings. The number of nitrogens with one attached hydrogen (secondary N) is 1. The molecule has 4 heteroatoms. The first-order valence-electron chi connectivity index (χ1n) is 5.80. The molecule has 0 bridgehead atoms. The molecule has 0 radical (unpaired) electrons. The average Bonchev–Trinajstić information content (AvgIpc) is 2.42. The smallest absolute Gasteiger partial charge is 0.189 e. The van der Waals surface area contributed by atoms with Crippen LogP contribution in [0.2, 0.25) is 0 Å². The van der Waals surface area contributed by atoms with Crippen LogP contribution in [0, 0.1) is 5.82 Å². The first-order chi connectivity index (χ1) is 9.15. The van der Waals surface area contributed by atoms with Crippen molar-refractivity contribution in [2.75, 3.05) is 5.32 Å². The Hall–Kier alpha value is -2.49. The maximum Gasteiger partial charge on any atom is 0.189 e. The molecular formula is C15H13FN2O. The third kappa shape index (κ3) is 3.74. The Balaban J connectivity index is 2.07. The van der Waals surface area contributed by atoms with Gasteiger partial charge < -0.3 is 5.32 Å². The predicted octanol–water partition coefficient (Wildman–Crippen LogP) is 3.42. The van der Waals surface area contributed by atoms with E-state index in [1.165, 1.54) is 24.4 Å². The van der Waals surface area contributed by atoms with E-state index in [-0.39, 0.29) is 11.6 Å². The van der Waals surface area contributed by atoms with E-state index in [1.807, 2.05) is 0 Å². The molecule has 0 fully saturated rings. The summed E-state index contributed by atoms with van der Waals surface area (Å²) in [6.45, 7) is 1.78. The summed E-state index contributed by atoms with van der Waals surface area (Å²) in [5, 5.41) is 3.02. The second kappa shape index (κ2) is 5.91. The molecule has 1 N–H and O–H groups in total. The highest BCUT2D eigenvalue weighted by atomic mass is 19.1. The van der Waals surface area contributed by atoms with E-state index in [2.05, 4.69) is 10.3 Å². The van der Waals surface area contributed by atoms with E-state index in [1.54, 1.807) is 37.4 Å². The van der Waals surface area contributed by atoms with Crippen molar-refractivity contribution in [1.29, 1.82) is 0 Å². The van der Waals surface area contributed by atoms with Crippen molar-refractivity contribution in [3.8, 4) is 0 Å². The van der Waals surface area contributed by atoms with Crippen LogP contribution in [0.25, 0.3) is 0 Å². The lowest BCUT2D eigenvalue weighted by Gasteiger charge is -2.06. The number of aromatic nitrogens is 1. The van der Waals surface area contributed by atoms with Gasteiger partial charge in [0.25, 0.3) is 0 Å². The summed E-state index contributed by atoms with van der Waals surface area (Å²) in [6, 6.07) is 9.36. The standard InChI is InChI=1S/C15H13FN2O/c1-11(18-14-6-4-13(16)5-7-14)9-15(19)12-3-2-8-17-10-12/h2-10,18H,1H3/b11-9+. The Morgan fingerprint density at radius 2 is 2.00 bits per heavy atom. The summed E-state index contributed by atoms with van der Waals surface area (Å²) >= 11 is 0. The van der Waals surface area contributed by atoms with Crippen LogP contribution in [0.15, 0.2) is 60.6 Å². The van der Waals surface area contributed by atoms with Crippen molar-refractivity contribution in [3.63, 3.8) is 0 Å². The van der Waals surface area contributed by atoms with Gasteiger partial charge in [0, 0.05) is 35.4 Å². The van der Waals surface area contributed by atoms with Crippen molar-refractivity contribution in [2.45, 2.75) is 6.92 Å². The molecule has 0 aliphatic heterocycles. The molecule has 1 aromatic carbocycles. The summed E-state index contributed by atoms with van der Waals surface area (Å²) in [7, 11) is 0. The van der Waals surface area contributed by atoms with E-state index in [9.17, 15) is 9.18 Å². The molecule has 0 aliphatic carbocycles. The Kier molecular flexibility index (Phi) is 4.03. The van der Waals surface area contributed by atoms with Gasteiger partial charge in [0.1, 0.15) is 5.82 Å². The number of pyridine rings is 1. The highest BCUT2D eigenvalue weighted by Gasteiger charge is 2.02. The van der Waals surface area contributed by atoms with Crippen LogP contribution in [-0.2, 0) is 0 Å². The summed E-state index contributed by atoms with van der Waals surface area (Å²) < 4.78 is 12.8.